The maximum atomic E-state index is 13.7. The predicted molar refractivity (Wildman–Crippen MR) is 92.4 cm³/mol. The third-order valence-corrected chi connectivity index (χ3v) is 4.94. The van der Waals surface area contributed by atoms with Crippen molar-refractivity contribution in [3.8, 4) is 11.4 Å². The number of nitrogens with zero attached hydrogens (tertiary/aromatic N) is 3. The lowest BCUT2D eigenvalue weighted by molar-refractivity contribution is 0.617. The summed E-state index contributed by atoms with van der Waals surface area (Å²) in [6.07, 6.45) is 0. The van der Waals surface area contributed by atoms with Crippen molar-refractivity contribution in [3.05, 3.63) is 63.9 Å². The van der Waals surface area contributed by atoms with Crippen molar-refractivity contribution in [1.29, 1.82) is 0 Å². The Labute approximate surface area is 147 Å². The summed E-state index contributed by atoms with van der Waals surface area (Å²) in [5.41, 5.74) is 1.38. The summed E-state index contributed by atoms with van der Waals surface area (Å²) in [4.78, 5) is 0. The fourth-order valence-corrected chi connectivity index (χ4v) is 3.49. The van der Waals surface area contributed by atoms with Crippen LogP contribution in [0.25, 0.3) is 11.4 Å². The molecule has 7 heteroatoms. The van der Waals surface area contributed by atoms with Crippen molar-refractivity contribution in [2.45, 2.75) is 10.9 Å². The molecule has 0 saturated carbocycles. The number of hydrogen-bond donors (Lipinski definition) is 0. The van der Waals surface area contributed by atoms with E-state index < -0.39 is 0 Å². The van der Waals surface area contributed by atoms with E-state index in [1.54, 1.807) is 30.3 Å². The number of hydrogen-bond acceptors (Lipinski definition) is 3. The Bertz CT molecular complexity index is 851. The number of benzene rings is 2. The highest BCUT2D eigenvalue weighted by Crippen LogP contribution is 2.31. The molecule has 0 N–H and O–H groups in total. The Morgan fingerprint density at radius 3 is 2.65 bits per heavy atom. The molecule has 0 amide bonds. The maximum absolute atomic E-state index is 13.7. The third-order valence-electron chi connectivity index (χ3n) is 3.32. The van der Waals surface area contributed by atoms with Gasteiger partial charge >= 0.3 is 0 Å². The van der Waals surface area contributed by atoms with Gasteiger partial charge in [0.15, 0.2) is 11.0 Å². The van der Waals surface area contributed by atoms with Crippen molar-refractivity contribution in [2.75, 3.05) is 0 Å². The zero-order valence-electron chi connectivity index (χ0n) is 12.1. The van der Waals surface area contributed by atoms with Crippen LogP contribution in [0.5, 0.6) is 0 Å². The maximum Gasteiger partial charge on any atom is 0.191 e. The van der Waals surface area contributed by atoms with Crippen LogP contribution >= 0.6 is 35.0 Å². The van der Waals surface area contributed by atoms with E-state index in [9.17, 15) is 4.39 Å². The number of halogens is 3. The molecule has 23 heavy (non-hydrogen) atoms. The van der Waals surface area contributed by atoms with Crippen molar-refractivity contribution in [1.82, 2.24) is 14.8 Å². The summed E-state index contributed by atoms with van der Waals surface area (Å²) < 4.78 is 15.5. The third kappa shape index (κ3) is 3.52. The van der Waals surface area contributed by atoms with Crippen LogP contribution in [0.4, 0.5) is 4.39 Å². The summed E-state index contributed by atoms with van der Waals surface area (Å²) in [6.45, 7) is 0. The summed E-state index contributed by atoms with van der Waals surface area (Å²) >= 11 is 13.6. The standard InChI is InChI=1S/C16H12Cl2FN3S/c1-22-15(12-7-6-11(17)8-13(12)18)20-21-16(22)23-9-10-4-2-3-5-14(10)19/h2-8H,9H2,1H3. The van der Waals surface area contributed by atoms with E-state index >= 15 is 0 Å². The van der Waals surface area contributed by atoms with Crippen LogP contribution in [-0.2, 0) is 12.8 Å². The van der Waals surface area contributed by atoms with Crippen LogP contribution < -0.4 is 0 Å². The lowest BCUT2D eigenvalue weighted by atomic mass is 10.2. The van der Waals surface area contributed by atoms with Crippen LogP contribution in [0.3, 0.4) is 0 Å². The number of aromatic nitrogens is 3. The van der Waals surface area contributed by atoms with E-state index in [0.717, 1.165) is 5.56 Å². The molecule has 0 fully saturated rings. The first kappa shape index (κ1) is 16.3. The topological polar surface area (TPSA) is 30.7 Å². The second kappa shape index (κ2) is 6.91. The Hall–Kier alpha value is -1.56. The SMILES string of the molecule is Cn1c(SCc2ccccc2F)nnc1-c1ccc(Cl)cc1Cl. The molecule has 1 heterocycles. The average molecular weight is 368 g/mol. The Balaban J connectivity index is 1.83. The van der Waals surface area contributed by atoms with E-state index in [0.29, 0.717) is 32.3 Å². The Kier molecular flexibility index (Phi) is 4.90. The molecule has 3 rings (SSSR count). The molecule has 0 spiro atoms. The molecule has 2 aromatic carbocycles. The zero-order chi connectivity index (χ0) is 16.4. The monoisotopic (exact) mass is 367 g/mol. The second-order valence-corrected chi connectivity index (χ2v) is 6.66. The van der Waals surface area contributed by atoms with Gasteiger partial charge in [-0.3, -0.25) is 0 Å². The largest absolute Gasteiger partial charge is 0.305 e. The molecule has 0 aliphatic carbocycles. The van der Waals surface area contributed by atoms with Crippen LogP contribution in [0.15, 0.2) is 47.6 Å². The molecule has 1 aromatic heterocycles. The lowest BCUT2D eigenvalue weighted by Gasteiger charge is -2.06. The van der Waals surface area contributed by atoms with Gasteiger partial charge in [0.1, 0.15) is 5.82 Å². The minimum Gasteiger partial charge on any atom is -0.305 e. The van der Waals surface area contributed by atoms with Gasteiger partial charge in [-0.05, 0) is 29.8 Å². The fraction of sp³-hybridized carbons (Fsp3) is 0.125. The Morgan fingerprint density at radius 2 is 1.91 bits per heavy atom. The fourth-order valence-electron chi connectivity index (χ4n) is 2.10. The van der Waals surface area contributed by atoms with Crippen LogP contribution in [0, 0.1) is 5.82 Å². The summed E-state index contributed by atoms with van der Waals surface area (Å²) in [7, 11) is 1.85. The quantitative estimate of drug-likeness (QED) is 0.592. The minimum absolute atomic E-state index is 0.219. The van der Waals surface area contributed by atoms with E-state index in [2.05, 4.69) is 10.2 Å². The van der Waals surface area contributed by atoms with Crippen molar-refractivity contribution in [2.24, 2.45) is 7.05 Å². The second-order valence-electron chi connectivity index (χ2n) is 4.87. The van der Waals surface area contributed by atoms with Gasteiger partial charge in [-0.2, -0.15) is 0 Å². The molecule has 0 aliphatic rings. The van der Waals surface area contributed by atoms with E-state index in [1.807, 2.05) is 17.7 Å². The zero-order valence-corrected chi connectivity index (χ0v) is 14.5. The van der Waals surface area contributed by atoms with Gasteiger partial charge in [-0.15, -0.1) is 10.2 Å². The van der Waals surface area contributed by atoms with Gasteiger partial charge < -0.3 is 4.57 Å². The van der Waals surface area contributed by atoms with E-state index in [4.69, 9.17) is 23.2 Å². The number of thioether (sulfide) groups is 1. The highest BCUT2D eigenvalue weighted by Gasteiger charge is 2.14. The molecule has 0 saturated heterocycles. The normalized spacial score (nSPS) is 11.0. The van der Waals surface area contributed by atoms with Crippen molar-refractivity contribution in [3.63, 3.8) is 0 Å². The van der Waals surface area contributed by atoms with E-state index in [1.165, 1.54) is 17.8 Å². The smallest absolute Gasteiger partial charge is 0.191 e. The van der Waals surface area contributed by atoms with Crippen molar-refractivity contribution >= 4 is 35.0 Å². The summed E-state index contributed by atoms with van der Waals surface area (Å²) in [6, 6.07) is 11.9. The van der Waals surface area contributed by atoms with Crippen LogP contribution in [0.2, 0.25) is 10.0 Å². The molecule has 0 unspecified atom stereocenters. The molecule has 0 atom stereocenters. The van der Waals surface area contributed by atoms with Gasteiger partial charge in [0.05, 0.1) is 5.02 Å². The molecule has 0 aliphatic heterocycles. The lowest BCUT2D eigenvalue weighted by Crippen LogP contribution is -1.96. The summed E-state index contributed by atoms with van der Waals surface area (Å²) in [5, 5.41) is 10.1. The first-order valence-corrected chi connectivity index (χ1v) is 8.51. The highest BCUT2D eigenvalue weighted by atomic mass is 35.5. The van der Waals surface area contributed by atoms with E-state index in [-0.39, 0.29) is 5.82 Å². The van der Waals surface area contributed by atoms with Crippen LogP contribution in [-0.4, -0.2) is 14.8 Å². The average Bonchev–Trinajstić information content (AvgIpc) is 2.88. The molecule has 3 nitrogen and oxygen atoms in total. The highest BCUT2D eigenvalue weighted by molar-refractivity contribution is 7.98. The van der Waals surface area contributed by atoms with Crippen LogP contribution in [0.1, 0.15) is 5.56 Å². The molecular formula is C16H12Cl2FN3S. The molecule has 0 bridgehead atoms. The predicted octanol–water partition coefficient (Wildman–Crippen LogP) is 5.22. The van der Waals surface area contributed by atoms with Gasteiger partial charge in [-0.1, -0.05) is 53.2 Å². The Morgan fingerprint density at radius 1 is 1.13 bits per heavy atom. The minimum atomic E-state index is -0.219. The summed E-state index contributed by atoms with van der Waals surface area (Å²) in [5.74, 6) is 0.901. The first-order valence-electron chi connectivity index (χ1n) is 6.77. The van der Waals surface area contributed by atoms with Crippen molar-refractivity contribution < 1.29 is 4.39 Å². The molecule has 3 aromatic rings. The van der Waals surface area contributed by atoms with Gasteiger partial charge in [-0.25, -0.2) is 4.39 Å². The molecule has 0 radical (unpaired) electrons. The van der Waals surface area contributed by atoms with Gasteiger partial charge in [0, 0.05) is 23.4 Å². The van der Waals surface area contributed by atoms with Gasteiger partial charge in [0.2, 0.25) is 0 Å². The van der Waals surface area contributed by atoms with Gasteiger partial charge in [0.25, 0.3) is 0 Å². The first-order chi connectivity index (χ1) is 11.1. The number of rotatable bonds is 4. The molecule has 118 valence electrons. The molecular weight excluding hydrogens is 356 g/mol.